The Hall–Kier alpha value is -3.19. The number of anilines is 1. The lowest BCUT2D eigenvalue weighted by Crippen LogP contribution is -2.15. The van der Waals surface area contributed by atoms with Gasteiger partial charge in [0.1, 0.15) is 16.4 Å². The summed E-state index contributed by atoms with van der Waals surface area (Å²) in [5, 5.41) is 12.9. The minimum atomic E-state index is -2.60. The van der Waals surface area contributed by atoms with E-state index in [9.17, 15) is 14.0 Å². The van der Waals surface area contributed by atoms with Crippen molar-refractivity contribution in [3.8, 4) is 16.9 Å². The van der Waals surface area contributed by atoms with Crippen molar-refractivity contribution in [2.75, 3.05) is 12.4 Å². The Morgan fingerprint density at radius 1 is 1.19 bits per heavy atom. The molecule has 0 spiro atoms. The number of carboxylic acids is 1. The molecule has 5 nitrogen and oxygen atoms in total. The number of hydrogen-bond acceptors (Lipinski definition) is 4. The van der Waals surface area contributed by atoms with Crippen LogP contribution in [0.1, 0.15) is 24.1 Å². The lowest BCUT2D eigenvalue weighted by atomic mass is 10.0. The second-order valence-electron chi connectivity index (χ2n) is 5.25. The highest BCUT2D eigenvalue weighted by atomic mass is 32.1. The van der Waals surface area contributed by atoms with Gasteiger partial charge >= 0.3 is 5.97 Å². The Kier molecular flexibility index (Phi) is 3.97. The highest BCUT2D eigenvalue weighted by molar-refractivity contribution is 7.12. The molecule has 2 N–H and O–H groups in total. The summed E-state index contributed by atoms with van der Waals surface area (Å²) in [5.41, 5.74) is 0.796. The highest BCUT2D eigenvalue weighted by Crippen LogP contribution is 2.27. The molecule has 0 aliphatic heterocycles. The number of nitrogens with one attached hydrogen (secondary N) is 1. The molecular formula is C19H14FNO4S. The summed E-state index contributed by atoms with van der Waals surface area (Å²) in [5.74, 6) is -2.59. The number of amides is 1. The summed E-state index contributed by atoms with van der Waals surface area (Å²) in [7, 11) is -2.60. The smallest absolute Gasteiger partial charge is 0.346 e. The second-order valence-corrected chi connectivity index (χ2v) is 6.16. The number of halogens is 1. The quantitative estimate of drug-likeness (QED) is 0.689. The summed E-state index contributed by atoms with van der Waals surface area (Å²) in [4.78, 5) is 23.3. The first kappa shape index (κ1) is 14.0. The van der Waals surface area contributed by atoms with Crippen LogP contribution in [0.15, 0.2) is 53.9 Å². The Morgan fingerprint density at radius 2 is 2.00 bits per heavy atom. The van der Waals surface area contributed by atoms with Crippen LogP contribution in [0.5, 0.6) is 5.75 Å². The molecule has 26 heavy (non-hydrogen) atoms. The van der Waals surface area contributed by atoms with E-state index in [1.807, 2.05) is 0 Å². The zero-order chi connectivity index (χ0) is 21.2. The van der Waals surface area contributed by atoms with E-state index in [1.54, 1.807) is 18.2 Å². The molecule has 0 saturated heterocycles. The molecule has 0 aliphatic rings. The van der Waals surface area contributed by atoms with Crippen molar-refractivity contribution in [3.63, 3.8) is 0 Å². The molecule has 0 aliphatic carbocycles. The summed E-state index contributed by atoms with van der Waals surface area (Å²) in [6.07, 6.45) is 0. The van der Waals surface area contributed by atoms with Crippen LogP contribution >= 0.6 is 11.3 Å². The molecule has 0 saturated carbocycles. The number of hydrogen-bond donors (Lipinski definition) is 2. The molecule has 0 bridgehead atoms. The van der Waals surface area contributed by atoms with Crippen LogP contribution in [-0.2, 0) is 0 Å². The number of carbonyl (C=O) groups is 2. The topological polar surface area (TPSA) is 75.6 Å². The standard InChI is InChI=1S/C19H14FNO4S/c1-25-13-4-2-3-11(9-13)12-5-6-16(15(20)10-12)21-18(22)14-7-8-26-17(14)19(23)24/h2-10H,1H3,(H,21,22)(H,23,24)/i1D3. The van der Waals surface area contributed by atoms with Crippen LogP contribution < -0.4 is 10.1 Å². The van der Waals surface area contributed by atoms with Gasteiger partial charge in [-0.05, 0) is 46.8 Å². The molecule has 3 rings (SSSR count). The second kappa shape index (κ2) is 7.37. The van der Waals surface area contributed by atoms with Gasteiger partial charge in [-0.15, -0.1) is 11.3 Å². The molecule has 1 aromatic heterocycles. The summed E-state index contributed by atoms with van der Waals surface area (Å²) in [6.45, 7) is 0. The van der Waals surface area contributed by atoms with Gasteiger partial charge in [0, 0.05) is 0 Å². The summed E-state index contributed by atoms with van der Waals surface area (Å²) < 4.78 is 40.8. The van der Waals surface area contributed by atoms with E-state index in [4.69, 9.17) is 14.0 Å². The molecule has 7 heteroatoms. The number of methoxy groups -OCH3 is 1. The van der Waals surface area contributed by atoms with Gasteiger partial charge < -0.3 is 15.2 Å². The summed E-state index contributed by atoms with van der Waals surface area (Å²) >= 11 is 0.900. The van der Waals surface area contributed by atoms with Crippen molar-refractivity contribution in [1.82, 2.24) is 0 Å². The lowest BCUT2D eigenvalue weighted by Gasteiger charge is -2.09. The van der Waals surface area contributed by atoms with Gasteiger partial charge in [-0.3, -0.25) is 4.79 Å². The summed E-state index contributed by atoms with van der Waals surface area (Å²) in [6, 6.07) is 11.6. The molecule has 0 radical (unpaired) electrons. The number of carbonyl (C=O) groups excluding carboxylic acids is 1. The van der Waals surface area contributed by atoms with E-state index in [0.717, 1.165) is 11.3 Å². The number of aromatic carboxylic acids is 1. The SMILES string of the molecule is [2H]C([2H])([2H])Oc1cccc(-c2ccc(NC(=O)c3ccsc3C(=O)O)c(F)c2)c1. The largest absolute Gasteiger partial charge is 0.497 e. The predicted molar refractivity (Wildman–Crippen MR) is 97.6 cm³/mol. The maximum Gasteiger partial charge on any atom is 0.346 e. The van der Waals surface area contributed by atoms with E-state index in [-0.39, 0.29) is 21.9 Å². The van der Waals surface area contributed by atoms with Crippen LogP contribution in [0.3, 0.4) is 0 Å². The van der Waals surface area contributed by atoms with Crippen molar-refractivity contribution in [2.24, 2.45) is 0 Å². The van der Waals surface area contributed by atoms with Gasteiger partial charge in [0.15, 0.2) is 0 Å². The number of ether oxygens (including phenoxy) is 1. The van der Waals surface area contributed by atoms with Crippen LogP contribution in [-0.4, -0.2) is 24.0 Å². The van der Waals surface area contributed by atoms with Gasteiger partial charge in [0.2, 0.25) is 0 Å². The van der Waals surface area contributed by atoms with Gasteiger partial charge in [-0.2, -0.15) is 0 Å². The van der Waals surface area contributed by atoms with Crippen LogP contribution in [0, 0.1) is 5.82 Å². The average Bonchev–Trinajstić information content (AvgIpc) is 3.12. The zero-order valence-corrected chi connectivity index (χ0v) is 14.0. The maximum atomic E-state index is 14.5. The third kappa shape index (κ3) is 3.57. The number of benzene rings is 2. The monoisotopic (exact) mass is 374 g/mol. The average molecular weight is 374 g/mol. The fourth-order valence-corrected chi connectivity index (χ4v) is 3.11. The molecule has 0 fully saturated rings. The Labute approximate surface area is 156 Å². The lowest BCUT2D eigenvalue weighted by molar-refractivity contribution is 0.0698. The van der Waals surface area contributed by atoms with Crippen LogP contribution in [0.4, 0.5) is 10.1 Å². The molecular weight excluding hydrogens is 357 g/mol. The first-order valence-electron chi connectivity index (χ1n) is 8.85. The van der Waals surface area contributed by atoms with Crippen molar-refractivity contribution in [2.45, 2.75) is 0 Å². The Bertz CT molecular complexity index is 1080. The van der Waals surface area contributed by atoms with Crippen molar-refractivity contribution in [1.29, 1.82) is 0 Å². The van der Waals surface area contributed by atoms with Crippen molar-refractivity contribution < 1.29 is 27.9 Å². The minimum absolute atomic E-state index is 0.0551. The van der Waals surface area contributed by atoms with E-state index < -0.39 is 24.7 Å². The van der Waals surface area contributed by atoms with Crippen LogP contribution in [0.2, 0.25) is 0 Å². The molecule has 1 amide bonds. The van der Waals surface area contributed by atoms with Gasteiger partial charge in [-0.1, -0.05) is 18.2 Å². The third-order valence-electron chi connectivity index (χ3n) is 3.61. The van der Waals surface area contributed by atoms with E-state index in [0.29, 0.717) is 11.1 Å². The molecule has 3 aromatic rings. The number of rotatable bonds is 5. The minimum Gasteiger partial charge on any atom is -0.497 e. The molecule has 0 unspecified atom stereocenters. The van der Waals surface area contributed by atoms with Crippen molar-refractivity contribution in [3.05, 3.63) is 70.2 Å². The van der Waals surface area contributed by atoms with Gasteiger partial charge in [0.05, 0.1) is 22.4 Å². The number of carboxylic acid groups (broad SMARTS) is 1. The molecule has 0 atom stereocenters. The van der Waals surface area contributed by atoms with Gasteiger partial charge in [0.25, 0.3) is 5.91 Å². The molecule has 1 heterocycles. The first-order valence-corrected chi connectivity index (χ1v) is 8.23. The molecule has 2 aromatic carbocycles. The third-order valence-corrected chi connectivity index (χ3v) is 4.51. The normalized spacial score (nSPS) is 12.6. The van der Waals surface area contributed by atoms with E-state index in [1.165, 1.54) is 35.7 Å². The van der Waals surface area contributed by atoms with E-state index >= 15 is 0 Å². The molecule has 132 valence electrons. The fourth-order valence-electron chi connectivity index (χ4n) is 2.38. The zero-order valence-electron chi connectivity index (χ0n) is 16.2. The van der Waals surface area contributed by atoms with E-state index in [2.05, 4.69) is 5.32 Å². The van der Waals surface area contributed by atoms with Crippen LogP contribution in [0.25, 0.3) is 11.1 Å². The predicted octanol–water partition coefficient (Wildman–Crippen LogP) is 4.51. The van der Waals surface area contributed by atoms with Crippen molar-refractivity contribution >= 4 is 28.9 Å². The first-order chi connectivity index (χ1) is 13.6. The maximum absolute atomic E-state index is 14.5. The highest BCUT2D eigenvalue weighted by Gasteiger charge is 2.19. The van der Waals surface area contributed by atoms with Gasteiger partial charge in [-0.25, -0.2) is 9.18 Å². The Balaban J connectivity index is 1.82. The fraction of sp³-hybridized carbons (Fsp3) is 0.0526. The Morgan fingerprint density at radius 3 is 2.73 bits per heavy atom. The number of thiophene rings is 1.